The number of hydrogen-bond acceptors (Lipinski definition) is 1. The molecular formula is C12H13FN2. The second-order valence-corrected chi connectivity index (χ2v) is 4.26. The Hall–Kier alpha value is -1.35. The summed E-state index contributed by atoms with van der Waals surface area (Å²) < 4.78 is 13.0. The van der Waals surface area contributed by atoms with E-state index in [9.17, 15) is 4.39 Å². The quantitative estimate of drug-likeness (QED) is 0.697. The fourth-order valence-electron chi connectivity index (χ4n) is 2.33. The lowest BCUT2D eigenvalue weighted by Gasteiger charge is -2.22. The Balaban J connectivity index is 2.24. The van der Waals surface area contributed by atoms with Gasteiger partial charge in [-0.15, -0.1) is 0 Å². The summed E-state index contributed by atoms with van der Waals surface area (Å²) in [6.07, 6.45) is 1.03. The van der Waals surface area contributed by atoms with Crippen molar-refractivity contribution in [1.82, 2.24) is 9.88 Å². The Labute approximate surface area is 87.7 Å². The van der Waals surface area contributed by atoms with Gasteiger partial charge in [-0.1, -0.05) is 0 Å². The van der Waals surface area contributed by atoms with Crippen LogP contribution in [0.1, 0.15) is 11.3 Å². The molecule has 0 spiro atoms. The van der Waals surface area contributed by atoms with Gasteiger partial charge in [0, 0.05) is 36.1 Å². The summed E-state index contributed by atoms with van der Waals surface area (Å²) in [7, 11) is 2.12. The van der Waals surface area contributed by atoms with Crippen LogP contribution in [-0.4, -0.2) is 23.5 Å². The minimum Gasteiger partial charge on any atom is -0.358 e. The molecule has 0 amide bonds. The fourth-order valence-corrected chi connectivity index (χ4v) is 2.33. The Morgan fingerprint density at radius 2 is 2.27 bits per heavy atom. The van der Waals surface area contributed by atoms with Crippen molar-refractivity contribution in [3.63, 3.8) is 0 Å². The average Bonchev–Trinajstić information content (AvgIpc) is 2.54. The summed E-state index contributed by atoms with van der Waals surface area (Å²) in [5, 5.41) is 1.16. The lowest BCUT2D eigenvalue weighted by molar-refractivity contribution is 0.313. The molecule has 1 aromatic carbocycles. The fraction of sp³-hybridized carbons (Fsp3) is 0.333. The number of likely N-dealkylation sites (N-methyl/N-ethyl adjacent to an activating group) is 1. The number of hydrogen-bond donors (Lipinski definition) is 1. The maximum atomic E-state index is 13.0. The standard InChI is InChI=1S/C12H13FN2/c1-15-5-4-11-10(7-15)9-3-2-8(13)6-12(9)14-11/h2-3,6,14H,4-5,7H2,1H3. The van der Waals surface area contributed by atoms with Gasteiger partial charge < -0.3 is 9.88 Å². The lowest BCUT2D eigenvalue weighted by atomic mass is 10.1. The van der Waals surface area contributed by atoms with Gasteiger partial charge in [-0.3, -0.25) is 0 Å². The van der Waals surface area contributed by atoms with Crippen molar-refractivity contribution in [1.29, 1.82) is 0 Å². The van der Waals surface area contributed by atoms with Crippen LogP contribution in [0.4, 0.5) is 4.39 Å². The molecule has 2 heterocycles. The van der Waals surface area contributed by atoms with E-state index < -0.39 is 0 Å². The third-order valence-corrected chi connectivity index (χ3v) is 3.13. The molecule has 3 heteroatoms. The predicted octanol–water partition coefficient (Wildman–Crippen LogP) is 2.29. The van der Waals surface area contributed by atoms with E-state index in [0.29, 0.717) is 0 Å². The van der Waals surface area contributed by atoms with Crippen molar-refractivity contribution in [2.24, 2.45) is 0 Å². The average molecular weight is 204 g/mol. The molecule has 0 radical (unpaired) electrons. The van der Waals surface area contributed by atoms with E-state index in [4.69, 9.17) is 0 Å². The summed E-state index contributed by atoms with van der Waals surface area (Å²) in [6, 6.07) is 4.98. The summed E-state index contributed by atoms with van der Waals surface area (Å²) in [5.41, 5.74) is 3.53. The van der Waals surface area contributed by atoms with E-state index in [1.165, 1.54) is 17.3 Å². The van der Waals surface area contributed by atoms with E-state index in [0.717, 1.165) is 30.4 Å². The van der Waals surface area contributed by atoms with Crippen molar-refractivity contribution in [3.8, 4) is 0 Å². The highest BCUT2D eigenvalue weighted by Gasteiger charge is 2.18. The molecule has 1 aromatic heterocycles. The normalized spacial score (nSPS) is 16.9. The summed E-state index contributed by atoms with van der Waals surface area (Å²) in [6.45, 7) is 2.03. The largest absolute Gasteiger partial charge is 0.358 e. The lowest BCUT2D eigenvalue weighted by Crippen LogP contribution is -2.25. The summed E-state index contributed by atoms with van der Waals surface area (Å²) in [4.78, 5) is 5.60. The number of nitrogens with one attached hydrogen (secondary N) is 1. The molecule has 1 aliphatic rings. The van der Waals surface area contributed by atoms with Crippen LogP contribution in [0.5, 0.6) is 0 Å². The van der Waals surface area contributed by atoms with Gasteiger partial charge in [0.25, 0.3) is 0 Å². The van der Waals surface area contributed by atoms with Crippen LogP contribution >= 0.6 is 0 Å². The highest BCUT2D eigenvalue weighted by Crippen LogP contribution is 2.27. The number of H-pyrrole nitrogens is 1. The molecule has 0 saturated heterocycles. The number of nitrogens with zero attached hydrogens (tertiary/aromatic N) is 1. The third kappa shape index (κ3) is 1.35. The molecular weight excluding hydrogens is 191 g/mol. The topological polar surface area (TPSA) is 19.0 Å². The van der Waals surface area contributed by atoms with Crippen molar-refractivity contribution in [3.05, 3.63) is 35.3 Å². The molecule has 3 rings (SSSR count). The molecule has 0 atom stereocenters. The van der Waals surface area contributed by atoms with Gasteiger partial charge in [0.15, 0.2) is 0 Å². The van der Waals surface area contributed by atoms with Crippen LogP contribution in [0.15, 0.2) is 18.2 Å². The second-order valence-electron chi connectivity index (χ2n) is 4.26. The molecule has 1 N–H and O–H groups in total. The van der Waals surface area contributed by atoms with Crippen LogP contribution in [0, 0.1) is 5.82 Å². The molecule has 15 heavy (non-hydrogen) atoms. The first-order valence-corrected chi connectivity index (χ1v) is 5.21. The van der Waals surface area contributed by atoms with Crippen molar-refractivity contribution < 1.29 is 4.39 Å². The molecule has 0 unspecified atom stereocenters. The number of halogens is 1. The predicted molar refractivity (Wildman–Crippen MR) is 58.3 cm³/mol. The van der Waals surface area contributed by atoms with E-state index in [-0.39, 0.29) is 5.82 Å². The Morgan fingerprint density at radius 1 is 1.40 bits per heavy atom. The van der Waals surface area contributed by atoms with Crippen LogP contribution < -0.4 is 0 Å². The molecule has 78 valence electrons. The van der Waals surface area contributed by atoms with Crippen molar-refractivity contribution >= 4 is 10.9 Å². The highest BCUT2D eigenvalue weighted by atomic mass is 19.1. The van der Waals surface area contributed by atoms with Crippen LogP contribution in [0.3, 0.4) is 0 Å². The van der Waals surface area contributed by atoms with Crippen molar-refractivity contribution in [2.75, 3.05) is 13.6 Å². The van der Waals surface area contributed by atoms with Gasteiger partial charge in [-0.25, -0.2) is 4.39 Å². The van der Waals surface area contributed by atoms with Crippen molar-refractivity contribution in [2.45, 2.75) is 13.0 Å². The Bertz CT molecular complexity index is 516. The summed E-state index contributed by atoms with van der Waals surface area (Å²) >= 11 is 0. The van der Waals surface area contributed by atoms with Crippen LogP contribution in [0.2, 0.25) is 0 Å². The zero-order chi connectivity index (χ0) is 10.4. The SMILES string of the molecule is CN1CCc2[nH]c3cc(F)ccc3c2C1. The van der Waals surface area contributed by atoms with Gasteiger partial charge in [-0.2, -0.15) is 0 Å². The number of benzene rings is 1. The van der Waals surface area contributed by atoms with Crippen LogP contribution in [0.25, 0.3) is 10.9 Å². The first kappa shape index (κ1) is 8.92. The van der Waals surface area contributed by atoms with E-state index in [1.54, 1.807) is 6.07 Å². The molecule has 0 fully saturated rings. The second kappa shape index (κ2) is 3.07. The number of aromatic nitrogens is 1. The van der Waals surface area contributed by atoms with Gasteiger partial charge in [-0.05, 0) is 30.8 Å². The number of aromatic amines is 1. The van der Waals surface area contributed by atoms with E-state index in [2.05, 4.69) is 16.9 Å². The summed E-state index contributed by atoms with van der Waals surface area (Å²) in [5.74, 6) is -0.172. The van der Waals surface area contributed by atoms with Gasteiger partial charge in [0.05, 0.1) is 0 Å². The maximum Gasteiger partial charge on any atom is 0.125 e. The van der Waals surface area contributed by atoms with Gasteiger partial charge in [0.2, 0.25) is 0 Å². The smallest absolute Gasteiger partial charge is 0.125 e. The minimum absolute atomic E-state index is 0.172. The Kier molecular flexibility index (Phi) is 1.83. The number of fused-ring (bicyclic) bond motifs is 3. The number of rotatable bonds is 0. The molecule has 1 aliphatic heterocycles. The molecule has 0 bridgehead atoms. The molecule has 2 aromatic rings. The molecule has 0 saturated carbocycles. The van der Waals surface area contributed by atoms with E-state index >= 15 is 0 Å². The Morgan fingerprint density at radius 3 is 3.13 bits per heavy atom. The minimum atomic E-state index is -0.172. The molecule has 2 nitrogen and oxygen atoms in total. The zero-order valence-electron chi connectivity index (χ0n) is 8.68. The first-order valence-electron chi connectivity index (χ1n) is 5.21. The van der Waals surface area contributed by atoms with E-state index in [1.807, 2.05) is 6.07 Å². The maximum absolute atomic E-state index is 13.0. The first-order chi connectivity index (χ1) is 7.24. The van der Waals surface area contributed by atoms with Gasteiger partial charge in [0.1, 0.15) is 5.82 Å². The third-order valence-electron chi connectivity index (χ3n) is 3.13. The van der Waals surface area contributed by atoms with Gasteiger partial charge >= 0.3 is 0 Å². The molecule has 0 aliphatic carbocycles. The monoisotopic (exact) mass is 204 g/mol. The highest BCUT2D eigenvalue weighted by molar-refractivity contribution is 5.84. The zero-order valence-corrected chi connectivity index (χ0v) is 8.68. The van der Waals surface area contributed by atoms with Crippen LogP contribution in [-0.2, 0) is 13.0 Å².